The molecular weight excluding hydrogens is 280 g/mol. The summed E-state index contributed by atoms with van der Waals surface area (Å²) in [6, 6.07) is 3.59. The summed E-state index contributed by atoms with van der Waals surface area (Å²) in [6.07, 6.45) is 3.72. The number of hydrogen-bond donors (Lipinski definition) is 1. The smallest absolute Gasteiger partial charge is 0.306 e. The van der Waals surface area contributed by atoms with Crippen LogP contribution in [0.5, 0.6) is 0 Å². The summed E-state index contributed by atoms with van der Waals surface area (Å²) < 4.78 is 25.5. The van der Waals surface area contributed by atoms with Crippen LogP contribution < -0.4 is 0 Å². The van der Waals surface area contributed by atoms with Gasteiger partial charge in [-0.2, -0.15) is 0 Å². The number of carbonyl (C=O) groups is 1. The molecule has 0 aliphatic carbocycles. The highest BCUT2D eigenvalue weighted by Gasteiger charge is 2.40. The van der Waals surface area contributed by atoms with E-state index in [0.717, 1.165) is 5.56 Å². The molecule has 1 atom stereocenters. The predicted molar refractivity (Wildman–Crippen MR) is 73.6 cm³/mol. The Kier molecular flexibility index (Phi) is 4.39. The molecule has 1 fully saturated rings. The molecule has 1 aromatic rings. The summed E-state index contributed by atoms with van der Waals surface area (Å²) in [5, 5.41) is 8.88. The maximum atomic E-state index is 12.1. The van der Waals surface area contributed by atoms with Crippen LogP contribution in [0.1, 0.15) is 12.5 Å². The van der Waals surface area contributed by atoms with E-state index in [-0.39, 0.29) is 11.7 Å². The van der Waals surface area contributed by atoms with Crippen molar-refractivity contribution in [1.82, 2.24) is 9.29 Å². The summed E-state index contributed by atoms with van der Waals surface area (Å²) >= 11 is 0. The lowest BCUT2D eigenvalue weighted by Gasteiger charge is -2.40. The van der Waals surface area contributed by atoms with Crippen LogP contribution in [0.4, 0.5) is 0 Å². The van der Waals surface area contributed by atoms with Crippen LogP contribution in [0.2, 0.25) is 0 Å². The Morgan fingerprint density at radius 1 is 1.45 bits per heavy atom. The summed E-state index contributed by atoms with van der Waals surface area (Å²) in [5.74, 6) is -1.40. The molecule has 0 bridgehead atoms. The zero-order chi connectivity index (χ0) is 14.8. The highest BCUT2D eigenvalue weighted by molar-refractivity contribution is 7.89. The number of sulfonamides is 1. The van der Waals surface area contributed by atoms with Gasteiger partial charge in [0.05, 0.1) is 11.7 Å². The molecule has 1 aliphatic rings. The van der Waals surface area contributed by atoms with Crippen LogP contribution >= 0.6 is 0 Å². The maximum absolute atomic E-state index is 12.1. The minimum Gasteiger partial charge on any atom is -0.481 e. The number of rotatable bonds is 6. The van der Waals surface area contributed by atoms with Gasteiger partial charge in [-0.25, -0.2) is 12.7 Å². The van der Waals surface area contributed by atoms with Crippen molar-refractivity contribution in [2.75, 3.05) is 18.8 Å². The number of pyridine rings is 1. The summed E-state index contributed by atoms with van der Waals surface area (Å²) in [5.41, 5.74) is 0.930. The van der Waals surface area contributed by atoms with Gasteiger partial charge in [-0.05, 0) is 30.0 Å². The highest BCUT2D eigenvalue weighted by Crippen LogP contribution is 2.27. The van der Waals surface area contributed by atoms with Crippen molar-refractivity contribution in [3.05, 3.63) is 30.1 Å². The molecule has 0 saturated carbocycles. The zero-order valence-electron chi connectivity index (χ0n) is 11.3. The lowest BCUT2D eigenvalue weighted by Crippen LogP contribution is -2.54. The number of carboxylic acid groups (broad SMARTS) is 1. The van der Waals surface area contributed by atoms with E-state index in [1.807, 2.05) is 0 Å². The normalized spacial score (nSPS) is 18.4. The third-order valence-corrected chi connectivity index (χ3v) is 5.57. The van der Waals surface area contributed by atoms with Crippen molar-refractivity contribution in [2.24, 2.45) is 11.8 Å². The Hall–Kier alpha value is -1.47. The van der Waals surface area contributed by atoms with Crippen LogP contribution in [0.25, 0.3) is 0 Å². The molecule has 0 aromatic carbocycles. The van der Waals surface area contributed by atoms with Gasteiger partial charge in [-0.3, -0.25) is 9.78 Å². The number of aryl methyl sites for hydroxylation is 1. The monoisotopic (exact) mass is 298 g/mol. The topological polar surface area (TPSA) is 87.6 Å². The molecule has 0 radical (unpaired) electrons. The zero-order valence-corrected chi connectivity index (χ0v) is 12.1. The maximum Gasteiger partial charge on any atom is 0.306 e. The minimum atomic E-state index is -3.29. The fourth-order valence-corrected chi connectivity index (χ4v) is 3.73. The number of nitrogens with zero attached hydrogens (tertiary/aromatic N) is 2. The molecule has 1 unspecified atom stereocenters. The van der Waals surface area contributed by atoms with E-state index in [1.54, 1.807) is 31.5 Å². The minimum absolute atomic E-state index is 0.0468. The number of hydrogen-bond acceptors (Lipinski definition) is 4. The van der Waals surface area contributed by atoms with Gasteiger partial charge in [0.1, 0.15) is 0 Å². The van der Waals surface area contributed by atoms with E-state index >= 15 is 0 Å². The number of aromatic nitrogens is 1. The molecule has 1 saturated heterocycles. The van der Waals surface area contributed by atoms with Gasteiger partial charge in [-0.15, -0.1) is 0 Å². The summed E-state index contributed by atoms with van der Waals surface area (Å²) in [4.78, 5) is 14.7. The average molecular weight is 298 g/mol. The Morgan fingerprint density at radius 2 is 2.05 bits per heavy atom. The third-order valence-electron chi connectivity index (χ3n) is 3.76. The summed E-state index contributed by atoms with van der Waals surface area (Å²) in [6.45, 7) is 2.24. The van der Waals surface area contributed by atoms with Gasteiger partial charge in [-0.1, -0.05) is 6.92 Å². The molecule has 1 aromatic heterocycles. The van der Waals surface area contributed by atoms with Gasteiger partial charge in [0.2, 0.25) is 10.0 Å². The quantitative estimate of drug-likeness (QED) is 0.831. The van der Waals surface area contributed by atoms with Crippen LogP contribution in [0.15, 0.2) is 24.5 Å². The number of aliphatic carboxylic acids is 1. The van der Waals surface area contributed by atoms with Gasteiger partial charge < -0.3 is 5.11 Å². The molecule has 20 heavy (non-hydrogen) atoms. The molecule has 1 aliphatic heterocycles. The first kappa shape index (κ1) is 14.9. The Morgan fingerprint density at radius 3 is 2.60 bits per heavy atom. The molecular formula is C13H18N2O4S. The van der Waals surface area contributed by atoms with Gasteiger partial charge in [0, 0.05) is 25.5 Å². The first-order valence-corrected chi connectivity index (χ1v) is 8.10. The van der Waals surface area contributed by atoms with Crippen molar-refractivity contribution < 1.29 is 18.3 Å². The lowest BCUT2D eigenvalue weighted by molar-refractivity contribution is -0.144. The first-order valence-electron chi connectivity index (χ1n) is 6.49. The van der Waals surface area contributed by atoms with E-state index in [2.05, 4.69) is 4.98 Å². The molecule has 6 nitrogen and oxygen atoms in total. The number of carboxylic acids is 1. The summed E-state index contributed by atoms with van der Waals surface area (Å²) in [7, 11) is -3.29. The Balaban J connectivity index is 1.86. The van der Waals surface area contributed by atoms with Crippen molar-refractivity contribution in [3.63, 3.8) is 0 Å². The van der Waals surface area contributed by atoms with Crippen molar-refractivity contribution in [2.45, 2.75) is 13.3 Å². The molecule has 110 valence electrons. The Labute approximate surface area is 118 Å². The van der Waals surface area contributed by atoms with E-state index in [9.17, 15) is 13.2 Å². The van der Waals surface area contributed by atoms with E-state index in [0.29, 0.717) is 19.5 Å². The third kappa shape index (κ3) is 3.34. The van der Waals surface area contributed by atoms with Crippen LogP contribution in [0, 0.1) is 11.8 Å². The van der Waals surface area contributed by atoms with Crippen molar-refractivity contribution in [1.29, 1.82) is 0 Å². The molecule has 7 heteroatoms. The second-order valence-corrected chi connectivity index (χ2v) is 7.21. The average Bonchev–Trinajstić information content (AvgIpc) is 2.35. The van der Waals surface area contributed by atoms with Gasteiger partial charge in [0.15, 0.2) is 0 Å². The van der Waals surface area contributed by atoms with Crippen LogP contribution in [0.3, 0.4) is 0 Å². The van der Waals surface area contributed by atoms with Crippen molar-refractivity contribution >= 4 is 16.0 Å². The fraction of sp³-hybridized carbons (Fsp3) is 0.538. The Bertz CT molecular complexity index is 567. The first-order chi connectivity index (χ1) is 9.40. The van der Waals surface area contributed by atoms with Crippen molar-refractivity contribution in [3.8, 4) is 0 Å². The van der Waals surface area contributed by atoms with E-state index < -0.39 is 21.9 Å². The van der Waals surface area contributed by atoms with Crippen LogP contribution in [-0.2, 0) is 21.2 Å². The van der Waals surface area contributed by atoms with E-state index in [1.165, 1.54) is 4.31 Å². The molecule has 1 N–H and O–H groups in total. The second kappa shape index (κ2) is 5.88. The fourth-order valence-electron chi connectivity index (χ4n) is 2.14. The SMILES string of the molecule is CC(C(=O)O)C1CN(S(=O)(=O)CCc2ccncc2)C1. The molecule has 0 amide bonds. The second-order valence-electron chi connectivity index (χ2n) is 5.13. The highest BCUT2D eigenvalue weighted by atomic mass is 32.2. The standard InChI is InChI=1S/C13H18N2O4S/c1-10(13(16)17)12-8-15(9-12)20(18,19)7-4-11-2-5-14-6-3-11/h2-3,5-6,10,12H,4,7-9H2,1H3,(H,16,17). The van der Waals surface area contributed by atoms with Gasteiger partial charge in [0.25, 0.3) is 0 Å². The predicted octanol–water partition coefficient (Wildman–Crippen LogP) is 0.606. The largest absolute Gasteiger partial charge is 0.481 e. The molecule has 2 heterocycles. The van der Waals surface area contributed by atoms with Crippen LogP contribution in [-0.4, -0.2) is 47.6 Å². The van der Waals surface area contributed by atoms with Gasteiger partial charge >= 0.3 is 5.97 Å². The molecule has 2 rings (SSSR count). The van der Waals surface area contributed by atoms with E-state index in [4.69, 9.17) is 5.11 Å². The lowest BCUT2D eigenvalue weighted by atomic mass is 9.89. The molecule has 0 spiro atoms.